The highest BCUT2D eigenvalue weighted by molar-refractivity contribution is 7.17. The number of fused-ring (bicyclic) bond motifs is 1. The molecule has 24 heavy (non-hydrogen) atoms. The minimum Gasteiger partial charge on any atom is -0.462 e. The zero-order valence-corrected chi connectivity index (χ0v) is 14.8. The van der Waals surface area contributed by atoms with Gasteiger partial charge in [-0.3, -0.25) is 0 Å². The van der Waals surface area contributed by atoms with Gasteiger partial charge in [-0.05, 0) is 38.5 Å². The van der Waals surface area contributed by atoms with E-state index in [0.29, 0.717) is 12.2 Å². The Morgan fingerprint density at radius 3 is 2.83 bits per heavy atom. The number of esters is 1. The highest BCUT2D eigenvalue weighted by atomic mass is 32.1. The second-order valence-corrected chi connectivity index (χ2v) is 6.19. The Balaban J connectivity index is 2.17. The maximum Gasteiger partial charge on any atom is 0.339 e. The highest BCUT2D eigenvalue weighted by Gasteiger charge is 2.21. The van der Waals surface area contributed by atoms with Crippen LogP contribution in [0.5, 0.6) is 0 Å². The molecule has 2 aromatic heterocycles. The van der Waals surface area contributed by atoms with E-state index in [-0.39, 0.29) is 5.97 Å². The topological polar surface area (TPSA) is 55.3 Å². The fourth-order valence-corrected chi connectivity index (χ4v) is 3.54. The van der Waals surface area contributed by atoms with Crippen molar-refractivity contribution in [1.29, 1.82) is 0 Å². The summed E-state index contributed by atoms with van der Waals surface area (Å²) >= 11 is 1.43. The number of benzene rings is 1. The van der Waals surface area contributed by atoms with Crippen LogP contribution >= 0.6 is 11.3 Å². The van der Waals surface area contributed by atoms with Gasteiger partial charge in [0.2, 0.25) is 0 Å². The summed E-state index contributed by atoms with van der Waals surface area (Å²) in [5, 5.41) is 2.55. The van der Waals surface area contributed by atoms with Crippen molar-refractivity contribution in [2.45, 2.75) is 20.8 Å². The summed E-state index contributed by atoms with van der Waals surface area (Å²) in [6.07, 6.45) is 1.54. The first kappa shape index (κ1) is 16.4. The third-order valence-corrected chi connectivity index (χ3v) is 4.62. The Morgan fingerprint density at radius 1 is 1.29 bits per heavy atom. The van der Waals surface area contributed by atoms with Crippen LogP contribution in [0.1, 0.15) is 29.8 Å². The van der Waals surface area contributed by atoms with Gasteiger partial charge in [-0.2, -0.15) is 0 Å². The standard InChI is InChI=1S/C18H19N3O2S/c1-4-21(13-8-6-7-12(3)9-13)16-15-14(18(22)23-5-2)10-24-17(15)20-11-19-16/h6-11H,4-5H2,1-3H3. The van der Waals surface area contributed by atoms with Crippen molar-refractivity contribution < 1.29 is 9.53 Å². The number of carbonyl (C=O) groups is 1. The van der Waals surface area contributed by atoms with E-state index in [1.807, 2.05) is 12.1 Å². The smallest absolute Gasteiger partial charge is 0.339 e. The fourth-order valence-electron chi connectivity index (χ4n) is 2.67. The Kier molecular flexibility index (Phi) is 4.76. The molecule has 124 valence electrons. The number of aromatic nitrogens is 2. The predicted octanol–water partition coefficient (Wildman–Crippen LogP) is 4.33. The first-order valence-corrected chi connectivity index (χ1v) is 8.77. The van der Waals surface area contributed by atoms with Gasteiger partial charge in [0.05, 0.1) is 17.6 Å². The van der Waals surface area contributed by atoms with Crippen LogP contribution in [0.3, 0.4) is 0 Å². The zero-order chi connectivity index (χ0) is 17.1. The lowest BCUT2D eigenvalue weighted by Crippen LogP contribution is -2.18. The molecule has 1 aromatic carbocycles. The predicted molar refractivity (Wildman–Crippen MR) is 97.2 cm³/mol. The molecule has 2 heterocycles. The molecule has 0 radical (unpaired) electrons. The van der Waals surface area contributed by atoms with Gasteiger partial charge in [0.25, 0.3) is 0 Å². The van der Waals surface area contributed by atoms with Gasteiger partial charge in [-0.1, -0.05) is 12.1 Å². The van der Waals surface area contributed by atoms with Gasteiger partial charge in [0, 0.05) is 17.6 Å². The molecule has 0 amide bonds. The summed E-state index contributed by atoms with van der Waals surface area (Å²) in [6.45, 7) is 6.99. The average Bonchev–Trinajstić information content (AvgIpc) is 3.01. The second kappa shape index (κ2) is 6.97. The largest absolute Gasteiger partial charge is 0.462 e. The number of aryl methyl sites for hydroxylation is 1. The van der Waals surface area contributed by atoms with E-state index >= 15 is 0 Å². The summed E-state index contributed by atoms with van der Waals surface area (Å²) in [6, 6.07) is 8.22. The van der Waals surface area contributed by atoms with E-state index < -0.39 is 0 Å². The lowest BCUT2D eigenvalue weighted by atomic mass is 10.1. The van der Waals surface area contributed by atoms with Crippen LogP contribution in [0.4, 0.5) is 11.5 Å². The summed E-state index contributed by atoms with van der Waals surface area (Å²) in [5.41, 5.74) is 2.74. The number of rotatable bonds is 5. The van der Waals surface area contributed by atoms with Crippen molar-refractivity contribution in [2.24, 2.45) is 0 Å². The molecule has 0 fully saturated rings. The number of anilines is 2. The number of nitrogens with zero attached hydrogens (tertiary/aromatic N) is 3. The molecular formula is C18H19N3O2S. The number of ether oxygens (including phenoxy) is 1. The summed E-state index contributed by atoms with van der Waals surface area (Å²) in [5.74, 6) is 0.400. The molecule has 3 rings (SSSR count). The third-order valence-electron chi connectivity index (χ3n) is 3.73. The Hall–Kier alpha value is -2.47. The van der Waals surface area contributed by atoms with Crippen LogP contribution in [0.2, 0.25) is 0 Å². The van der Waals surface area contributed by atoms with Crippen LogP contribution in [0.25, 0.3) is 10.2 Å². The molecule has 3 aromatic rings. The van der Waals surface area contributed by atoms with Crippen LogP contribution in [-0.2, 0) is 4.74 Å². The number of hydrogen-bond donors (Lipinski definition) is 0. The minimum atomic E-state index is -0.333. The maximum absolute atomic E-state index is 12.3. The molecule has 6 heteroatoms. The molecule has 0 atom stereocenters. The Labute approximate surface area is 144 Å². The lowest BCUT2D eigenvalue weighted by molar-refractivity contribution is 0.0529. The van der Waals surface area contributed by atoms with Crippen molar-refractivity contribution in [2.75, 3.05) is 18.1 Å². The van der Waals surface area contributed by atoms with E-state index in [4.69, 9.17) is 4.74 Å². The van der Waals surface area contributed by atoms with Crippen molar-refractivity contribution >= 4 is 39.0 Å². The van der Waals surface area contributed by atoms with Crippen molar-refractivity contribution in [3.8, 4) is 0 Å². The normalized spacial score (nSPS) is 10.8. The third kappa shape index (κ3) is 2.97. The molecule has 0 aliphatic carbocycles. The summed E-state index contributed by atoms with van der Waals surface area (Å²) in [4.78, 5) is 23.9. The van der Waals surface area contributed by atoms with Gasteiger partial charge < -0.3 is 9.64 Å². The molecule has 0 spiro atoms. The van der Waals surface area contributed by atoms with E-state index in [1.165, 1.54) is 16.9 Å². The highest BCUT2D eigenvalue weighted by Crippen LogP contribution is 2.35. The number of carbonyl (C=O) groups excluding carboxylic acids is 1. The van der Waals surface area contributed by atoms with Gasteiger partial charge in [0.15, 0.2) is 0 Å². The van der Waals surface area contributed by atoms with Crippen LogP contribution in [0, 0.1) is 6.92 Å². The monoisotopic (exact) mass is 341 g/mol. The summed E-state index contributed by atoms with van der Waals surface area (Å²) < 4.78 is 5.18. The quantitative estimate of drug-likeness (QED) is 0.646. The van der Waals surface area contributed by atoms with Gasteiger partial charge in [-0.15, -0.1) is 11.3 Å². The molecule has 5 nitrogen and oxygen atoms in total. The minimum absolute atomic E-state index is 0.333. The molecule has 0 saturated heterocycles. The van der Waals surface area contributed by atoms with E-state index in [0.717, 1.165) is 28.3 Å². The lowest BCUT2D eigenvalue weighted by Gasteiger charge is -2.23. The molecule has 0 N–H and O–H groups in total. The van der Waals surface area contributed by atoms with Crippen molar-refractivity contribution in [1.82, 2.24) is 9.97 Å². The van der Waals surface area contributed by atoms with Crippen LogP contribution < -0.4 is 4.90 Å². The van der Waals surface area contributed by atoms with Crippen LogP contribution in [0.15, 0.2) is 36.0 Å². The van der Waals surface area contributed by atoms with E-state index in [1.54, 1.807) is 18.6 Å². The molecule has 0 unspecified atom stereocenters. The van der Waals surface area contributed by atoms with Gasteiger partial charge >= 0.3 is 5.97 Å². The van der Waals surface area contributed by atoms with Crippen molar-refractivity contribution in [3.63, 3.8) is 0 Å². The van der Waals surface area contributed by atoms with Crippen LogP contribution in [-0.4, -0.2) is 29.1 Å². The number of hydrogen-bond acceptors (Lipinski definition) is 6. The molecule has 0 aliphatic rings. The Morgan fingerprint density at radius 2 is 2.12 bits per heavy atom. The van der Waals surface area contributed by atoms with E-state index in [2.05, 4.69) is 40.8 Å². The SMILES string of the molecule is CCOC(=O)c1csc2ncnc(N(CC)c3cccc(C)c3)c12. The van der Waals surface area contributed by atoms with Crippen molar-refractivity contribution in [3.05, 3.63) is 47.1 Å². The molecule has 0 saturated carbocycles. The van der Waals surface area contributed by atoms with Gasteiger partial charge in [0.1, 0.15) is 17.0 Å². The zero-order valence-electron chi connectivity index (χ0n) is 13.9. The van der Waals surface area contributed by atoms with Gasteiger partial charge in [-0.25, -0.2) is 14.8 Å². The molecule has 0 bridgehead atoms. The average molecular weight is 341 g/mol. The maximum atomic E-state index is 12.3. The van der Waals surface area contributed by atoms with E-state index in [9.17, 15) is 4.79 Å². The second-order valence-electron chi connectivity index (χ2n) is 5.33. The first-order chi connectivity index (χ1) is 11.7. The first-order valence-electron chi connectivity index (χ1n) is 7.89. The summed E-state index contributed by atoms with van der Waals surface area (Å²) in [7, 11) is 0. The number of thiophene rings is 1. The Bertz CT molecular complexity index is 876. The molecular weight excluding hydrogens is 322 g/mol. The fraction of sp³-hybridized carbons (Fsp3) is 0.278. The molecule has 0 aliphatic heterocycles.